The highest BCUT2D eigenvalue weighted by atomic mass is 79.9. The molecule has 1 amide bonds. The highest BCUT2D eigenvalue weighted by Crippen LogP contribution is 2.44. The number of carbonyl (C=O) groups excluding carboxylic acids is 1. The van der Waals surface area contributed by atoms with Crippen molar-refractivity contribution in [3.05, 3.63) is 28.0 Å². The van der Waals surface area contributed by atoms with Crippen molar-refractivity contribution in [1.29, 1.82) is 0 Å². The lowest BCUT2D eigenvalue weighted by Crippen LogP contribution is -2.39. The Morgan fingerprint density at radius 1 is 1.50 bits per heavy atom. The van der Waals surface area contributed by atoms with E-state index >= 15 is 0 Å². The first kappa shape index (κ1) is 13.0. The highest BCUT2D eigenvalue weighted by molar-refractivity contribution is 9.10. The van der Waals surface area contributed by atoms with Crippen molar-refractivity contribution in [2.24, 2.45) is 0 Å². The number of carboxylic acid groups (broad SMARTS) is 1. The van der Waals surface area contributed by atoms with Gasteiger partial charge in [0.25, 0.3) is 0 Å². The van der Waals surface area contributed by atoms with E-state index in [2.05, 4.69) is 15.9 Å². The van der Waals surface area contributed by atoms with Gasteiger partial charge in [0.15, 0.2) is 0 Å². The zero-order valence-electron chi connectivity index (χ0n) is 9.83. The van der Waals surface area contributed by atoms with Crippen molar-refractivity contribution < 1.29 is 19.1 Å². The summed E-state index contributed by atoms with van der Waals surface area (Å²) >= 11 is 3.17. The molecule has 1 aliphatic rings. The maximum absolute atomic E-state index is 14.0. The van der Waals surface area contributed by atoms with E-state index in [0.29, 0.717) is 10.0 Å². The van der Waals surface area contributed by atoms with Gasteiger partial charge in [-0.1, -0.05) is 15.9 Å². The van der Waals surface area contributed by atoms with Gasteiger partial charge < -0.3 is 5.11 Å². The molecule has 0 atom stereocenters. The summed E-state index contributed by atoms with van der Waals surface area (Å²) in [7, 11) is 0. The van der Waals surface area contributed by atoms with Crippen LogP contribution >= 0.6 is 15.9 Å². The van der Waals surface area contributed by atoms with Gasteiger partial charge in [0.1, 0.15) is 12.4 Å². The Morgan fingerprint density at radius 3 is 2.67 bits per heavy atom. The number of rotatable bonds is 2. The Balaban J connectivity index is 2.65. The molecule has 0 fully saturated rings. The van der Waals surface area contributed by atoms with Crippen LogP contribution in [0, 0.1) is 5.82 Å². The summed E-state index contributed by atoms with van der Waals surface area (Å²) < 4.78 is 14.5. The molecule has 1 aromatic rings. The third-order valence-corrected chi connectivity index (χ3v) is 3.50. The van der Waals surface area contributed by atoms with Gasteiger partial charge in [0, 0.05) is 4.47 Å². The molecular weight excluding hydrogens is 305 g/mol. The molecule has 1 heterocycles. The number of hydrogen-bond acceptors (Lipinski definition) is 2. The number of benzene rings is 1. The van der Waals surface area contributed by atoms with Crippen LogP contribution in [0.25, 0.3) is 0 Å². The Kier molecular flexibility index (Phi) is 2.93. The highest BCUT2D eigenvalue weighted by Gasteiger charge is 2.46. The van der Waals surface area contributed by atoms with Crippen molar-refractivity contribution in [1.82, 2.24) is 0 Å². The number of hydrogen-bond donors (Lipinski definition) is 1. The molecule has 1 aromatic carbocycles. The van der Waals surface area contributed by atoms with Crippen molar-refractivity contribution in [2.75, 3.05) is 11.4 Å². The Morgan fingerprint density at radius 2 is 2.11 bits per heavy atom. The first-order chi connectivity index (χ1) is 8.25. The molecule has 2 rings (SSSR count). The van der Waals surface area contributed by atoms with E-state index in [-0.39, 0.29) is 5.69 Å². The van der Waals surface area contributed by atoms with Crippen LogP contribution in [-0.2, 0) is 15.0 Å². The molecule has 1 N–H and O–H groups in total. The molecule has 0 spiro atoms. The normalized spacial score (nSPS) is 16.9. The molecule has 0 aromatic heterocycles. The van der Waals surface area contributed by atoms with Crippen molar-refractivity contribution in [3.8, 4) is 0 Å². The second-order valence-electron chi connectivity index (χ2n) is 4.69. The summed E-state index contributed by atoms with van der Waals surface area (Å²) in [6, 6.07) is 2.88. The quantitative estimate of drug-likeness (QED) is 0.911. The van der Waals surface area contributed by atoms with Crippen LogP contribution in [-0.4, -0.2) is 23.5 Å². The van der Waals surface area contributed by atoms with Crippen molar-refractivity contribution in [2.45, 2.75) is 19.3 Å². The van der Waals surface area contributed by atoms with Crippen LogP contribution in [0.1, 0.15) is 19.4 Å². The van der Waals surface area contributed by atoms with E-state index in [9.17, 15) is 14.0 Å². The summed E-state index contributed by atoms with van der Waals surface area (Å²) in [5.41, 5.74) is -0.355. The molecule has 0 aliphatic carbocycles. The van der Waals surface area contributed by atoms with Crippen LogP contribution in [0.15, 0.2) is 16.6 Å². The first-order valence-electron chi connectivity index (χ1n) is 5.28. The van der Waals surface area contributed by atoms with E-state index in [0.717, 1.165) is 4.90 Å². The van der Waals surface area contributed by atoms with E-state index in [4.69, 9.17) is 5.11 Å². The SMILES string of the molecule is CC1(C)C(=O)N(CC(=O)O)c2c(F)cc(Br)cc21. The Hall–Kier alpha value is -1.43. The smallest absolute Gasteiger partial charge is 0.323 e. The number of amides is 1. The summed E-state index contributed by atoms with van der Waals surface area (Å²) in [5.74, 6) is -2.18. The van der Waals surface area contributed by atoms with Crippen molar-refractivity contribution >= 4 is 33.5 Å². The predicted octanol–water partition coefficient (Wildman–Crippen LogP) is 2.30. The van der Waals surface area contributed by atoms with Gasteiger partial charge in [-0.2, -0.15) is 0 Å². The van der Waals surface area contributed by atoms with Gasteiger partial charge in [-0.3, -0.25) is 14.5 Å². The Labute approximate surface area is 112 Å². The van der Waals surface area contributed by atoms with Crippen LogP contribution in [0.4, 0.5) is 10.1 Å². The van der Waals surface area contributed by atoms with Gasteiger partial charge in [-0.05, 0) is 31.5 Å². The van der Waals surface area contributed by atoms with Gasteiger partial charge >= 0.3 is 5.97 Å². The molecule has 0 bridgehead atoms. The third-order valence-electron chi connectivity index (χ3n) is 3.04. The minimum absolute atomic E-state index is 0.0654. The maximum Gasteiger partial charge on any atom is 0.323 e. The fourth-order valence-corrected chi connectivity index (χ4v) is 2.59. The first-order valence-corrected chi connectivity index (χ1v) is 6.07. The van der Waals surface area contributed by atoms with Gasteiger partial charge in [0.2, 0.25) is 5.91 Å². The number of anilines is 1. The van der Waals surface area contributed by atoms with Gasteiger partial charge in [0.05, 0.1) is 11.1 Å². The van der Waals surface area contributed by atoms with Crippen LogP contribution < -0.4 is 4.90 Å². The van der Waals surface area contributed by atoms with Crippen LogP contribution in [0.2, 0.25) is 0 Å². The molecular formula is C12H11BrFNO3. The molecule has 4 nitrogen and oxygen atoms in total. The number of fused-ring (bicyclic) bond motifs is 1. The molecule has 0 unspecified atom stereocenters. The topological polar surface area (TPSA) is 57.6 Å². The number of halogens is 2. The van der Waals surface area contributed by atoms with E-state index < -0.39 is 29.7 Å². The average molecular weight is 316 g/mol. The molecule has 96 valence electrons. The maximum atomic E-state index is 14.0. The Bertz CT molecular complexity index is 556. The fourth-order valence-electron chi connectivity index (χ4n) is 2.16. The second kappa shape index (κ2) is 4.05. The minimum atomic E-state index is -1.17. The predicted molar refractivity (Wildman–Crippen MR) is 67.1 cm³/mol. The standard InChI is InChI=1S/C12H11BrFNO3/c1-12(2)7-3-6(13)4-8(14)10(7)15(11(12)18)5-9(16)17/h3-4H,5H2,1-2H3,(H,16,17). The lowest BCUT2D eigenvalue weighted by molar-refractivity contribution is -0.137. The number of nitrogens with zero attached hydrogens (tertiary/aromatic N) is 1. The van der Waals surface area contributed by atoms with Gasteiger partial charge in [-0.15, -0.1) is 0 Å². The minimum Gasteiger partial charge on any atom is -0.480 e. The molecule has 0 saturated carbocycles. The summed E-state index contributed by atoms with van der Waals surface area (Å²) in [6.45, 7) is 2.78. The van der Waals surface area contributed by atoms with Crippen LogP contribution in [0.3, 0.4) is 0 Å². The number of aliphatic carboxylic acids is 1. The van der Waals surface area contributed by atoms with Crippen molar-refractivity contribution in [3.63, 3.8) is 0 Å². The number of carboxylic acids is 1. The molecule has 0 saturated heterocycles. The zero-order chi connectivity index (χ0) is 13.7. The summed E-state index contributed by atoms with van der Waals surface area (Å²) in [5, 5.41) is 8.81. The van der Waals surface area contributed by atoms with E-state index in [1.807, 2.05) is 0 Å². The molecule has 1 aliphatic heterocycles. The average Bonchev–Trinajstić information content (AvgIpc) is 2.40. The largest absolute Gasteiger partial charge is 0.480 e. The second-order valence-corrected chi connectivity index (χ2v) is 5.61. The fraction of sp³-hybridized carbons (Fsp3) is 0.333. The molecule has 0 radical (unpaired) electrons. The number of carbonyl (C=O) groups is 2. The summed E-state index contributed by atoms with van der Waals surface area (Å²) in [6.07, 6.45) is 0. The molecule has 6 heteroatoms. The monoisotopic (exact) mass is 315 g/mol. The van der Waals surface area contributed by atoms with E-state index in [1.165, 1.54) is 6.07 Å². The van der Waals surface area contributed by atoms with E-state index in [1.54, 1.807) is 19.9 Å². The molecule has 18 heavy (non-hydrogen) atoms. The van der Waals surface area contributed by atoms with Gasteiger partial charge in [-0.25, -0.2) is 4.39 Å². The lowest BCUT2D eigenvalue weighted by Gasteiger charge is -2.18. The van der Waals surface area contributed by atoms with Crippen LogP contribution in [0.5, 0.6) is 0 Å². The lowest BCUT2D eigenvalue weighted by atomic mass is 9.86. The zero-order valence-corrected chi connectivity index (χ0v) is 11.4. The summed E-state index contributed by atoms with van der Waals surface area (Å²) in [4.78, 5) is 23.9. The third kappa shape index (κ3) is 1.80.